The average Bonchev–Trinajstić information content (AvgIpc) is 2.85. The summed E-state index contributed by atoms with van der Waals surface area (Å²) < 4.78 is 39.8. The third-order valence-corrected chi connectivity index (χ3v) is 6.30. The second-order valence-corrected chi connectivity index (χ2v) is 8.28. The number of hydrogen-bond donors (Lipinski definition) is 2. The molecule has 2 aromatic rings. The standard InChI is InChI=1S/C16H19Cl2FN4O2S.HI/c1-20-16(22-10-11-9-12(17)15(18)23(11)2)21-7-8-26(24,25)14-6-4-3-5-13(14)19;/h3-6,9H,7-8,10H2,1-2H3,(H2,20,21,22);1H. The van der Waals surface area contributed by atoms with Gasteiger partial charge in [0.15, 0.2) is 15.8 Å². The molecule has 0 unspecified atom stereocenters. The van der Waals surface area contributed by atoms with Crippen molar-refractivity contribution in [3.8, 4) is 0 Å². The Morgan fingerprint density at radius 2 is 1.93 bits per heavy atom. The van der Waals surface area contributed by atoms with Crippen molar-refractivity contribution in [2.45, 2.75) is 11.4 Å². The first-order valence-corrected chi connectivity index (χ1v) is 10.1. The maximum atomic E-state index is 13.7. The van der Waals surface area contributed by atoms with Crippen LogP contribution in [0.1, 0.15) is 5.69 Å². The van der Waals surface area contributed by atoms with E-state index in [0.717, 1.165) is 11.8 Å². The molecule has 2 rings (SSSR count). The van der Waals surface area contributed by atoms with Crippen molar-refractivity contribution in [1.82, 2.24) is 15.2 Å². The molecule has 0 saturated carbocycles. The molecule has 1 aromatic carbocycles. The molecule has 150 valence electrons. The van der Waals surface area contributed by atoms with Crippen molar-refractivity contribution in [1.29, 1.82) is 0 Å². The van der Waals surface area contributed by atoms with Crippen LogP contribution >= 0.6 is 47.2 Å². The lowest BCUT2D eigenvalue weighted by Crippen LogP contribution is -2.39. The monoisotopic (exact) mass is 548 g/mol. The van der Waals surface area contributed by atoms with Crippen molar-refractivity contribution >= 4 is 63.0 Å². The Labute approximate surface area is 185 Å². The van der Waals surface area contributed by atoms with Crippen LogP contribution in [0.3, 0.4) is 0 Å². The van der Waals surface area contributed by atoms with Crippen LogP contribution in [-0.4, -0.2) is 38.3 Å². The third-order valence-electron chi connectivity index (χ3n) is 3.71. The molecular formula is C16H20Cl2FIN4O2S. The van der Waals surface area contributed by atoms with Gasteiger partial charge in [-0.2, -0.15) is 0 Å². The van der Waals surface area contributed by atoms with Crippen LogP contribution in [0, 0.1) is 5.82 Å². The molecule has 0 fully saturated rings. The van der Waals surface area contributed by atoms with Gasteiger partial charge in [0, 0.05) is 26.3 Å². The van der Waals surface area contributed by atoms with E-state index in [1.54, 1.807) is 24.7 Å². The maximum Gasteiger partial charge on any atom is 0.191 e. The zero-order chi connectivity index (χ0) is 19.3. The van der Waals surface area contributed by atoms with E-state index in [-0.39, 0.29) is 41.2 Å². The topological polar surface area (TPSA) is 75.5 Å². The van der Waals surface area contributed by atoms with E-state index >= 15 is 0 Å². The van der Waals surface area contributed by atoms with Gasteiger partial charge in [-0.05, 0) is 18.2 Å². The number of aromatic nitrogens is 1. The Morgan fingerprint density at radius 1 is 1.26 bits per heavy atom. The van der Waals surface area contributed by atoms with Crippen LogP contribution in [0.5, 0.6) is 0 Å². The van der Waals surface area contributed by atoms with E-state index in [0.29, 0.717) is 22.7 Å². The highest BCUT2D eigenvalue weighted by Crippen LogP contribution is 2.24. The van der Waals surface area contributed by atoms with Gasteiger partial charge >= 0.3 is 0 Å². The lowest BCUT2D eigenvalue weighted by molar-refractivity contribution is 0.566. The number of nitrogens with zero attached hydrogens (tertiary/aromatic N) is 2. The minimum Gasteiger partial charge on any atom is -0.355 e. The van der Waals surface area contributed by atoms with Gasteiger partial charge in [-0.15, -0.1) is 24.0 Å². The van der Waals surface area contributed by atoms with Crippen molar-refractivity contribution in [2.24, 2.45) is 12.0 Å². The zero-order valence-electron chi connectivity index (χ0n) is 14.7. The summed E-state index contributed by atoms with van der Waals surface area (Å²) in [5.74, 6) is -0.620. The van der Waals surface area contributed by atoms with E-state index < -0.39 is 15.7 Å². The fourth-order valence-electron chi connectivity index (χ4n) is 2.26. The molecular weight excluding hydrogens is 529 g/mol. The zero-order valence-corrected chi connectivity index (χ0v) is 19.3. The van der Waals surface area contributed by atoms with Gasteiger partial charge in [-0.3, -0.25) is 4.99 Å². The van der Waals surface area contributed by atoms with Crippen LogP contribution in [0.2, 0.25) is 10.2 Å². The van der Waals surface area contributed by atoms with Gasteiger partial charge in [-0.25, -0.2) is 12.8 Å². The highest BCUT2D eigenvalue weighted by molar-refractivity contribution is 14.0. The molecule has 0 radical (unpaired) electrons. The van der Waals surface area contributed by atoms with Crippen LogP contribution in [0.15, 0.2) is 40.2 Å². The van der Waals surface area contributed by atoms with Gasteiger partial charge < -0.3 is 15.2 Å². The van der Waals surface area contributed by atoms with Crippen molar-refractivity contribution in [3.63, 3.8) is 0 Å². The molecule has 0 spiro atoms. The number of guanidine groups is 1. The number of rotatable bonds is 6. The molecule has 0 saturated heterocycles. The number of benzene rings is 1. The quantitative estimate of drug-likeness (QED) is 0.330. The number of hydrogen-bond acceptors (Lipinski definition) is 3. The Balaban J connectivity index is 0.00000364. The first-order valence-electron chi connectivity index (χ1n) is 7.67. The summed E-state index contributed by atoms with van der Waals surface area (Å²) in [6, 6.07) is 7.03. The number of nitrogens with one attached hydrogen (secondary N) is 2. The van der Waals surface area contributed by atoms with E-state index in [4.69, 9.17) is 23.2 Å². The van der Waals surface area contributed by atoms with Crippen molar-refractivity contribution in [2.75, 3.05) is 19.3 Å². The van der Waals surface area contributed by atoms with Gasteiger partial charge in [0.2, 0.25) is 0 Å². The molecule has 1 aromatic heterocycles. The van der Waals surface area contributed by atoms with Crippen LogP contribution < -0.4 is 10.6 Å². The molecule has 0 aliphatic carbocycles. The summed E-state index contributed by atoms with van der Waals surface area (Å²) in [6.45, 7) is 0.466. The maximum absolute atomic E-state index is 13.7. The molecule has 27 heavy (non-hydrogen) atoms. The molecule has 1 heterocycles. The van der Waals surface area contributed by atoms with E-state index in [9.17, 15) is 12.8 Å². The van der Waals surface area contributed by atoms with E-state index in [1.807, 2.05) is 0 Å². The fourth-order valence-corrected chi connectivity index (χ4v) is 3.92. The minimum atomic E-state index is -3.73. The number of halogens is 4. The second kappa shape index (κ2) is 10.5. The number of sulfone groups is 1. The Kier molecular flexibility index (Phi) is 9.32. The summed E-state index contributed by atoms with van der Waals surface area (Å²) in [7, 11) is -0.389. The van der Waals surface area contributed by atoms with E-state index in [2.05, 4.69) is 15.6 Å². The van der Waals surface area contributed by atoms with Crippen LogP contribution in [0.4, 0.5) is 4.39 Å². The molecule has 11 heteroatoms. The lowest BCUT2D eigenvalue weighted by atomic mass is 10.3. The molecule has 0 aliphatic rings. The van der Waals surface area contributed by atoms with Crippen LogP contribution in [-0.2, 0) is 23.4 Å². The molecule has 0 amide bonds. The van der Waals surface area contributed by atoms with Gasteiger partial charge in [0.25, 0.3) is 0 Å². The predicted octanol–water partition coefficient (Wildman–Crippen LogP) is 3.23. The Bertz CT molecular complexity index is 919. The molecule has 0 atom stereocenters. The Morgan fingerprint density at radius 3 is 2.48 bits per heavy atom. The highest BCUT2D eigenvalue weighted by Gasteiger charge is 2.18. The molecule has 2 N–H and O–H groups in total. The lowest BCUT2D eigenvalue weighted by Gasteiger charge is -2.13. The smallest absolute Gasteiger partial charge is 0.191 e. The minimum absolute atomic E-state index is 0. The average molecular weight is 549 g/mol. The van der Waals surface area contributed by atoms with Crippen LogP contribution in [0.25, 0.3) is 0 Å². The first kappa shape index (κ1) is 24.0. The van der Waals surface area contributed by atoms with E-state index in [1.165, 1.54) is 18.2 Å². The molecule has 6 nitrogen and oxygen atoms in total. The number of aliphatic imine (C=N–C) groups is 1. The summed E-state index contributed by atoms with van der Waals surface area (Å²) in [6.07, 6.45) is 0. The summed E-state index contributed by atoms with van der Waals surface area (Å²) >= 11 is 12.0. The van der Waals surface area contributed by atoms with Crippen molar-refractivity contribution in [3.05, 3.63) is 52.0 Å². The summed E-state index contributed by atoms with van der Waals surface area (Å²) in [5.41, 5.74) is 0.835. The molecule has 0 bridgehead atoms. The molecule has 0 aliphatic heterocycles. The third kappa shape index (κ3) is 6.23. The normalized spacial score (nSPS) is 11.8. The van der Waals surface area contributed by atoms with Gasteiger partial charge in [-0.1, -0.05) is 35.3 Å². The SMILES string of the molecule is CN=C(NCCS(=O)(=O)c1ccccc1F)NCc1cc(Cl)c(Cl)n1C.I. The van der Waals surface area contributed by atoms with Crippen molar-refractivity contribution < 1.29 is 12.8 Å². The fraction of sp³-hybridized carbons (Fsp3) is 0.312. The second-order valence-electron chi connectivity index (χ2n) is 5.44. The van der Waals surface area contributed by atoms with Gasteiger partial charge in [0.1, 0.15) is 15.9 Å². The Hall–Kier alpha value is -1.04. The first-order chi connectivity index (χ1) is 12.3. The largest absolute Gasteiger partial charge is 0.355 e. The van der Waals surface area contributed by atoms with Gasteiger partial charge in [0.05, 0.1) is 17.3 Å². The summed E-state index contributed by atoms with van der Waals surface area (Å²) in [4.78, 5) is 3.71. The highest BCUT2D eigenvalue weighted by atomic mass is 127. The predicted molar refractivity (Wildman–Crippen MR) is 118 cm³/mol. The summed E-state index contributed by atoms with van der Waals surface area (Å²) in [5, 5.41) is 6.81.